The van der Waals surface area contributed by atoms with E-state index in [-0.39, 0.29) is 24.5 Å². The molecule has 158 valence electrons. The SMILES string of the molecule is CC(C)(C)OC(=O)NC1CCN(CCOCCOc2ccc(N)cc2F)CC1. The number of nitrogens with zero attached hydrogens (tertiary/aromatic N) is 1. The number of alkyl carbamates (subject to hydrolysis) is 1. The smallest absolute Gasteiger partial charge is 0.407 e. The van der Waals surface area contributed by atoms with Gasteiger partial charge >= 0.3 is 6.09 Å². The van der Waals surface area contributed by atoms with Crippen LogP contribution in [0.15, 0.2) is 18.2 Å². The van der Waals surface area contributed by atoms with Crippen molar-refractivity contribution in [3.63, 3.8) is 0 Å². The van der Waals surface area contributed by atoms with Crippen LogP contribution in [0, 0.1) is 5.82 Å². The van der Waals surface area contributed by atoms with Gasteiger partial charge in [-0.25, -0.2) is 9.18 Å². The number of rotatable bonds is 8. The lowest BCUT2D eigenvalue weighted by Crippen LogP contribution is -2.46. The van der Waals surface area contributed by atoms with E-state index >= 15 is 0 Å². The number of carbonyl (C=O) groups excluding carboxylic acids is 1. The second-order valence-corrected chi connectivity index (χ2v) is 7.91. The van der Waals surface area contributed by atoms with Gasteiger partial charge in [0.05, 0.1) is 13.2 Å². The molecule has 0 unspecified atom stereocenters. The van der Waals surface area contributed by atoms with Crippen LogP contribution in [0.5, 0.6) is 5.75 Å². The van der Waals surface area contributed by atoms with E-state index in [1.54, 1.807) is 6.07 Å². The quantitative estimate of drug-likeness (QED) is 0.518. The van der Waals surface area contributed by atoms with Crippen LogP contribution < -0.4 is 15.8 Å². The molecule has 1 aromatic rings. The van der Waals surface area contributed by atoms with Gasteiger partial charge in [-0.15, -0.1) is 0 Å². The second-order valence-electron chi connectivity index (χ2n) is 7.91. The molecule has 0 spiro atoms. The number of nitrogens with two attached hydrogens (primary N) is 1. The number of benzene rings is 1. The third-order valence-corrected chi connectivity index (χ3v) is 4.30. The summed E-state index contributed by atoms with van der Waals surface area (Å²) < 4.78 is 29.8. The minimum atomic E-state index is -0.481. The van der Waals surface area contributed by atoms with Gasteiger partial charge in [0.15, 0.2) is 11.6 Å². The summed E-state index contributed by atoms with van der Waals surface area (Å²) in [5, 5.41) is 2.93. The number of likely N-dealkylation sites (tertiary alicyclic amines) is 1. The Balaban J connectivity index is 1.52. The summed E-state index contributed by atoms with van der Waals surface area (Å²) in [5.74, 6) is -0.291. The minimum Gasteiger partial charge on any atom is -0.488 e. The first-order valence-electron chi connectivity index (χ1n) is 9.70. The molecule has 0 aromatic heterocycles. The lowest BCUT2D eigenvalue weighted by Gasteiger charge is -2.32. The van der Waals surface area contributed by atoms with Crippen molar-refractivity contribution in [2.45, 2.75) is 45.3 Å². The van der Waals surface area contributed by atoms with E-state index < -0.39 is 11.4 Å². The minimum absolute atomic E-state index is 0.148. The van der Waals surface area contributed by atoms with Crippen molar-refractivity contribution in [2.24, 2.45) is 0 Å². The second kappa shape index (κ2) is 10.5. The molecule has 8 heteroatoms. The molecule has 1 aliphatic rings. The predicted molar refractivity (Wildman–Crippen MR) is 106 cm³/mol. The fraction of sp³-hybridized carbons (Fsp3) is 0.650. The molecule has 1 fully saturated rings. The topological polar surface area (TPSA) is 86.0 Å². The number of hydrogen-bond donors (Lipinski definition) is 2. The van der Waals surface area contributed by atoms with Gasteiger partial charge in [0.25, 0.3) is 0 Å². The molecule has 1 amide bonds. The number of anilines is 1. The normalized spacial score (nSPS) is 16.0. The van der Waals surface area contributed by atoms with Crippen LogP contribution in [0.3, 0.4) is 0 Å². The van der Waals surface area contributed by atoms with Gasteiger partial charge in [-0.1, -0.05) is 0 Å². The average Bonchev–Trinajstić information content (AvgIpc) is 2.59. The van der Waals surface area contributed by atoms with Crippen LogP contribution in [0.4, 0.5) is 14.9 Å². The number of piperidine rings is 1. The third kappa shape index (κ3) is 8.31. The highest BCUT2D eigenvalue weighted by atomic mass is 19.1. The summed E-state index contributed by atoms with van der Waals surface area (Å²) in [6, 6.07) is 4.49. The van der Waals surface area contributed by atoms with Crippen molar-refractivity contribution in [1.29, 1.82) is 0 Å². The maximum atomic E-state index is 13.6. The highest BCUT2D eigenvalue weighted by molar-refractivity contribution is 5.68. The van der Waals surface area contributed by atoms with Crippen LogP contribution in [-0.4, -0.2) is 62.1 Å². The Labute approximate surface area is 166 Å². The first-order valence-corrected chi connectivity index (χ1v) is 9.70. The maximum Gasteiger partial charge on any atom is 0.407 e. The van der Waals surface area contributed by atoms with E-state index in [9.17, 15) is 9.18 Å². The van der Waals surface area contributed by atoms with Gasteiger partial charge in [0.1, 0.15) is 12.2 Å². The lowest BCUT2D eigenvalue weighted by atomic mass is 10.1. The molecule has 1 aromatic carbocycles. The molecule has 0 saturated carbocycles. The fourth-order valence-electron chi connectivity index (χ4n) is 2.92. The summed E-state index contributed by atoms with van der Waals surface area (Å²) in [4.78, 5) is 14.1. The summed E-state index contributed by atoms with van der Waals surface area (Å²) in [5.41, 5.74) is 5.38. The number of amides is 1. The van der Waals surface area contributed by atoms with Crippen molar-refractivity contribution in [2.75, 3.05) is 45.2 Å². The summed E-state index contributed by atoms with van der Waals surface area (Å²) >= 11 is 0. The zero-order valence-corrected chi connectivity index (χ0v) is 17.0. The van der Waals surface area contributed by atoms with E-state index in [0.29, 0.717) is 18.9 Å². The number of nitrogen functional groups attached to an aromatic ring is 1. The van der Waals surface area contributed by atoms with Gasteiger partial charge in [0.2, 0.25) is 0 Å². The Morgan fingerprint density at radius 1 is 1.25 bits per heavy atom. The predicted octanol–water partition coefficient (Wildman–Crippen LogP) is 2.79. The number of carbonyl (C=O) groups is 1. The van der Waals surface area contributed by atoms with E-state index in [1.807, 2.05) is 20.8 Å². The molecule has 0 bridgehead atoms. The summed E-state index contributed by atoms with van der Waals surface area (Å²) in [7, 11) is 0. The average molecular weight is 397 g/mol. The van der Waals surface area contributed by atoms with Gasteiger partial charge in [-0.3, -0.25) is 0 Å². The van der Waals surface area contributed by atoms with E-state index in [2.05, 4.69) is 10.2 Å². The van der Waals surface area contributed by atoms with Crippen molar-refractivity contribution < 1.29 is 23.4 Å². The first kappa shape index (κ1) is 22.2. The van der Waals surface area contributed by atoms with Crippen molar-refractivity contribution in [1.82, 2.24) is 10.2 Å². The van der Waals surface area contributed by atoms with E-state index in [1.165, 1.54) is 12.1 Å². The number of halogens is 1. The van der Waals surface area contributed by atoms with Crippen LogP contribution in [0.25, 0.3) is 0 Å². The standard InChI is InChI=1S/C20H32FN3O4/c1-20(2,3)28-19(25)23-16-6-8-24(9-7-16)10-11-26-12-13-27-18-5-4-15(22)14-17(18)21/h4-5,14,16H,6-13,22H2,1-3H3,(H,23,25). The van der Waals surface area contributed by atoms with Crippen LogP contribution >= 0.6 is 0 Å². The first-order chi connectivity index (χ1) is 13.2. The molecule has 1 saturated heterocycles. The Kier molecular flexibility index (Phi) is 8.32. The summed E-state index contributed by atoms with van der Waals surface area (Å²) in [6.07, 6.45) is 1.42. The fourth-order valence-corrected chi connectivity index (χ4v) is 2.92. The number of hydrogen-bond acceptors (Lipinski definition) is 6. The molecule has 28 heavy (non-hydrogen) atoms. The molecule has 1 aliphatic heterocycles. The molecular formula is C20H32FN3O4. The van der Waals surface area contributed by atoms with E-state index in [4.69, 9.17) is 19.9 Å². The summed E-state index contributed by atoms with van der Waals surface area (Å²) in [6.45, 7) is 9.43. The molecular weight excluding hydrogens is 365 g/mol. The molecule has 1 heterocycles. The largest absolute Gasteiger partial charge is 0.488 e. The maximum absolute atomic E-state index is 13.6. The van der Waals surface area contributed by atoms with E-state index in [0.717, 1.165) is 32.5 Å². The van der Waals surface area contributed by atoms with Gasteiger partial charge < -0.3 is 30.2 Å². The molecule has 0 aliphatic carbocycles. The molecule has 0 radical (unpaired) electrons. The Hall–Kier alpha value is -2.06. The zero-order chi connectivity index (χ0) is 20.6. The Morgan fingerprint density at radius 3 is 2.61 bits per heavy atom. The van der Waals surface area contributed by atoms with Crippen LogP contribution in [0.1, 0.15) is 33.6 Å². The van der Waals surface area contributed by atoms with Gasteiger partial charge in [-0.05, 0) is 45.7 Å². The monoisotopic (exact) mass is 397 g/mol. The number of ether oxygens (including phenoxy) is 3. The Bertz CT molecular complexity index is 628. The number of nitrogens with one attached hydrogen (secondary N) is 1. The van der Waals surface area contributed by atoms with Crippen LogP contribution in [0.2, 0.25) is 0 Å². The molecule has 7 nitrogen and oxygen atoms in total. The van der Waals surface area contributed by atoms with Crippen molar-refractivity contribution in [3.05, 3.63) is 24.0 Å². The molecule has 2 rings (SSSR count). The van der Waals surface area contributed by atoms with Gasteiger partial charge in [-0.2, -0.15) is 0 Å². The zero-order valence-electron chi connectivity index (χ0n) is 17.0. The lowest BCUT2D eigenvalue weighted by molar-refractivity contribution is 0.0457. The third-order valence-electron chi connectivity index (χ3n) is 4.30. The molecule has 3 N–H and O–H groups in total. The molecule has 0 atom stereocenters. The highest BCUT2D eigenvalue weighted by Gasteiger charge is 2.23. The Morgan fingerprint density at radius 2 is 1.96 bits per heavy atom. The van der Waals surface area contributed by atoms with Gasteiger partial charge in [0, 0.05) is 37.4 Å². The van der Waals surface area contributed by atoms with Crippen LogP contribution in [-0.2, 0) is 9.47 Å². The van der Waals surface area contributed by atoms with Crippen molar-refractivity contribution >= 4 is 11.8 Å². The van der Waals surface area contributed by atoms with Crippen molar-refractivity contribution in [3.8, 4) is 5.75 Å². The highest BCUT2D eigenvalue weighted by Crippen LogP contribution is 2.19.